The molecule has 1 amide bonds. The Morgan fingerprint density at radius 3 is 2.45 bits per heavy atom. The molecule has 1 aromatic heterocycles. The summed E-state index contributed by atoms with van der Waals surface area (Å²) in [4.78, 5) is 23.9. The van der Waals surface area contributed by atoms with Crippen molar-refractivity contribution in [3.63, 3.8) is 0 Å². The van der Waals surface area contributed by atoms with Crippen LogP contribution in [0, 0.1) is 6.92 Å². The molecule has 2 aromatic carbocycles. The predicted molar refractivity (Wildman–Crippen MR) is 145 cm³/mol. The summed E-state index contributed by atoms with van der Waals surface area (Å²) in [5.41, 5.74) is 2.55. The summed E-state index contributed by atoms with van der Waals surface area (Å²) < 4.78 is 66.9. The molecular weight excluding hydrogens is 547 g/mol. The second kappa shape index (κ2) is 11.0. The Hall–Kier alpha value is -3.71. The van der Waals surface area contributed by atoms with Crippen molar-refractivity contribution in [3.05, 3.63) is 59.8 Å². The van der Waals surface area contributed by atoms with E-state index < -0.39 is 22.3 Å². The summed E-state index contributed by atoms with van der Waals surface area (Å²) in [6.07, 6.45) is 0.142. The first-order valence-electron chi connectivity index (χ1n) is 12.8. The second-order valence-corrected chi connectivity index (χ2v) is 11.8. The van der Waals surface area contributed by atoms with E-state index in [1.807, 2.05) is 6.92 Å². The number of carbonyl (C=O) groups excluding carboxylic acids is 1. The number of hydrogen-bond donors (Lipinski definition) is 1. The predicted octanol–water partition coefficient (Wildman–Crippen LogP) is 4.49. The van der Waals surface area contributed by atoms with E-state index in [2.05, 4.69) is 19.9 Å². The van der Waals surface area contributed by atoms with Crippen LogP contribution in [0.1, 0.15) is 30.5 Å². The minimum Gasteiger partial charge on any atom is -0.406 e. The Kier molecular flexibility index (Phi) is 7.69. The van der Waals surface area contributed by atoms with E-state index in [1.165, 1.54) is 36.4 Å². The van der Waals surface area contributed by atoms with Gasteiger partial charge in [-0.25, -0.2) is 18.4 Å². The zero-order valence-corrected chi connectivity index (χ0v) is 22.5. The first-order valence-corrected chi connectivity index (χ1v) is 14.5. The third kappa shape index (κ3) is 6.53. The van der Waals surface area contributed by atoms with Crippen LogP contribution in [0.4, 0.5) is 24.8 Å². The number of benzene rings is 2. The van der Waals surface area contributed by atoms with Crippen molar-refractivity contribution >= 4 is 44.5 Å². The summed E-state index contributed by atoms with van der Waals surface area (Å²) in [6.45, 7) is 3.80. The highest BCUT2D eigenvalue weighted by Crippen LogP contribution is 2.28. The average Bonchev–Trinajstić information content (AvgIpc) is 3.26. The largest absolute Gasteiger partial charge is 0.573 e. The number of hydrogen-bond acceptors (Lipinski definition) is 7. The van der Waals surface area contributed by atoms with Crippen molar-refractivity contribution in [1.82, 2.24) is 14.3 Å². The number of aryl methyl sites for hydroxylation is 1. The van der Waals surface area contributed by atoms with Gasteiger partial charge in [-0.05, 0) is 68.2 Å². The smallest absolute Gasteiger partial charge is 0.406 e. The van der Waals surface area contributed by atoms with Gasteiger partial charge in [-0.1, -0.05) is 12.1 Å². The third-order valence-corrected chi connectivity index (χ3v) is 8.98. The average molecular weight is 576 g/mol. The van der Waals surface area contributed by atoms with E-state index >= 15 is 0 Å². The highest BCUT2D eigenvalue weighted by molar-refractivity contribution is 7.89. The topological polar surface area (TPSA) is 105 Å². The first kappa shape index (κ1) is 27.8. The number of piperidine rings is 1. The van der Waals surface area contributed by atoms with Crippen molar-refractivity contribution in [2.75, 3.05) is 35.6 Å². The molecule has 0 radical (unpaired) electrons. The van der Waals surface area contributed by atoms with Gasteiger partial charge >= 0.3 is 6.36 Å². The van der Waals surface area contributed by atoms with Crippen molar-refractivity contribution in [2.24, 2.45) is 0 Å². The Morgan fingerprint density at radius 2 is 1.80 bits per heavy atom. The molecule has 0 unspecified atom stereocenters. The molecule has 0 saturated carbocycles. The molecule has 212 valence electrons. The van der Waals surface area contributed by atoms with Crippen molar-refractivity contribution in [3.8, 4) is 5.75 Å². The molecule has 2 aliphatic heterocycles. The number of aromatic nitrogens is 2. The van der Waals surface area contributed by atoms with Crippen molar-refractivity contribution < 1.29 is 31.1 Å². The van der Waals surface area contributed by atoms with E-state index in [0.29, 0.717) is 43.3 Å². The van der Waals surface area contributed by atoms with E-state index in [4.69, 9.17) is 4.98 Å². The van der Waals surface area contributed by atoms with Gasteiger partial charge in [-0.2, -0.15) is 4.31 Å². The van der Waals surface area contributed by atoms with Crippen LogP contribution in [-0.2, 0) is 14.8 Å². The molecule has 2 fully saturated rings. The number of nitrogens with one attached hydrogen (secondary N) is 1. The fourth-order valence-corrected chi connectivity index (χ4v) is 6.85. The van der Waals surface area contributed by atoms with Crippen LogP contribution in [0.2, 0.25) is 0 Å². The first-order chi connectivity index (χ1) is 19.0. The van der Waals surface area contributed by atoms with E-state index in [1.54, 1.807) is 22.5 Å². The molecule has 3 aromatic rings. The molecule has 2 aliphatic rings. The van der Waals surface area contributed by atoms with Crippen LogP contribution in [-0.4, -0.2) is 66.4 Å². The maximum atomic E-state index is 12.4. The summed E-state index contributed by atoms with van der Waals surface area (Å²) in [5, 5.41) is 3.55. The number of nitrogens with zero attached hydrogens (tertiary/aromatic N) is 4. The van der Waals surface area contributed by atoms with Gasteiger partial charge in [0.15, 0.2) is 0 Å². The Bertz CT molecular complexity index is 1540. The zero-order valence-electron chi connectivity index (χ0n) is 21.7. The lowest BCUT2D eigenvalue weighted by Gasteiger charge is -2.36. The Labute approximate surface area is 229 Å². The Morgan fingerprint density at radius 1 is 1.07 bits per heavy atom. The minimum absolute atomic E-state index is 0.0216. The number of ether oxygens (including phenoxy) is 1. The number of sulfonamides is 1. The molecule has 0 aliphatic carbocycles. The van der Waals surface area contributed by atoms with Gasteiger partial charge in [0.2, 0.25) is 21.9 Å². The molecule has 40 heavy (non-hydrogen) atoms. The summed E-state index contributed by atoms with van der Waals surface area (Å²) in [6, 6.07) is 10.5. The molecule has 0 spiro atoms. The van der Waals surface area contributed by atoms with Crippen LogP contribution < -0.4 is 15.0 Å². The molecule has 1 N–H and O–H groups in total. The van der Waals surface area contributed by atoms with E-state index in [9.17, 15) is 26.4 Å². The normalized spacial score (nSPS) is 18.4. The lowest BCUT2D eigenvalue weighted by molar-refractivity contribution is -0.274. The number of anilines is 2. The monoisotopic (exact) mass is 575 g/mol. The number of alkyl halides is 3. The van der Waals surface area contributed by atoms with Crippen LogP contribution in [0.25, 0.3) is 17.0 Å². The van der Waals surface area contributed by atoms with Crippen molar-refractivity contribution in [2.45, 2.75) is 38.6 Å². The number of rotatable bonds is 6. The lowest BCUT2D eigenvalue weighted by Crippen LogP contribution is -2.46. The Balaban J connectivity index is 1.21. The number of fused-ring (bicyclic) bond motifs is 1. The molecule has 0 bridgehead atoms. The maximum Gasteiger partial charge on any atom is 0.573 e. The summed E-state index contributed by atoms with van der Waals surface area (Å²) in [7, 11) is -3.13. The molecule has 2 saturated heterocycles. The molecule has 5 rings (SSSR count). The number of carbonyl (C=O) groups is 1. The zero-order chi connectivity index (χ0) is 28.5. The standard InChI is InChI=1S/C27H28F3N5O4S/c1-18-23-17-20(32-25(36)10-5-19-3-7-22(8-4-19)39-27(28,29)30)6-9-24(23)33-26(31-18)34-14-11-21(12-15-34)35-13-2-16-40(35,37)38/h3-10,17,21H,2,11-16H2,1H3,(H,32,36)/b10-5+. The maximum absolute atomic E-state index is 12.4. The lowest BCUT2D eigenvalue weighted by atomic mass is 10.1. The quantitative estimate of drug-likeness (QED) is 0.432. The SMILES string of the molecule is Cc1nc(N2CCC(N3CCCS3(=O)=O)CC2)nc2ccc(NC(=O)/C=C/c3ccc(OC(F)(F)F)cc3)cc12. The molecule has 0 atom stereocenters. The van der Waals surface area contributed by atoms with Gasteiger partial charge in [-0.3, -0.25) is 4.79 Å². The van der Waals surface area contributed by atoms with Gasteiger partial charge in [0.1, 0.15) is 5.75 Å². The number of amides is 1. The summed E-state index contributed by atoms with van der Waals surface area (Å²) >= 11 is 0. The fourth-order valence-electron chi connectivity index (χ4n) is 5.04. The highest BCUT2D eigenvalue weighted by Gasteiger charge is 2.36. The van der Waals surface area contributed by atoms with E-state index in [0.717, 1.165) is 29.4 Å². The highest BCUT2D eigenvalue weighted by atomic mass is 32.2. The van der Waals surface area contributed by atoms with Gasteiger partial charge < -0.3 is 15.0 Å². The molecule has 13 heteroatoms. The summed E-state index contributed by atoms with van der Waals surface area (Å²) in [5.74, 6) is 0.0804. The van der Waals surface area contributed by atoms with Gasteiger partial charge in [0, 0.05) is 42.8 Å². The molecule has 9 nitrogen and oxygen atoms in total. The molecule has 3 heterocycles. The van der Waals surface area contributed by atoms with Crippen LogP contribution in [0.3, 0.4) is 0 Å². The van der Waals surface area contributed by atoms with E-state index in [-0.39, 0.29) is 17.5 Å². The third-order valence-electron chi connectivity index (χ3n) is 6.98. The van der Waals surface area contributed by atoms with Gasteiger partial charge in [0.25, 0.3) is 0 Å². The fraction of sp³-hybridized carbons (Fsp3) is 0.370. The van der Waals surface area contributed by atoms with Crippen LogP contribution >= 0.6 is 0 Å². The van der Waals surface area contributed by atoms with Crippen molar-refractivity contribution in [1.29, 1.82) is 0 Å². The van der Waals surface area contributed by atoms with Crippen LogP contribution in [0.15, 0.2) is 48.5 Å². The second-order valence-electron chi connectivity index (χ2n) is 9.78. The van der Waals surface area contributed by atoms with Gasteiger partial charge in [0.05, 0.1) is 17.0 Å². The molecular formula is C27H28F3N5O4S. The number of halogens is 3. The van der Waals surface area contributed by atoms with Gasteiger partial charge in [-0.15, -0.1) is 13.2 Å². The van der Waals surface area contributed by atoms with Crippen LogP contribution in [0.5, 0.6) is 5.75 Å². The minimum atomic E-state index is -4.76.